The van der Waals surface area contributed by atoms with Crippen LogP contribution >= 0.6 is 0 Å². The minimum atomic E-state index is -0.439. The molecule has 0 heterocycles. The molecule has 5 heteroatoms. The number of hydrogen-bond acceptors (Lipinski definition) is 4. The number of anilines is 1. The lowest BCUT2D eigenvalue weighted by Crippen LogP contribution is -2.13. The van der Waals surface area contributed by atoms with Crippen LogP contribution in [0.3, 0.4) is 0 Å². The minimum absolute atomic E-state index is 0.439. The summed E-state index contributed by atoms with van der Waals surface area (Å²) in [6, 6.07) is 15.9. The smallest absolute Gasteiger partial charge is 0.248 e. The van der Waals surface area contributed by atoms with Gasteiger partial charge in [-0.1, -0.05) is 0 Å². The molecule has 3 N–H and O–H groups in total. The van der Waals surface area contributed by atoms with Crippen LogP contribution in [0.15, 0.2) is 48.5 Å². The Morgan fingerprint density at radius 3 is 2.38 bits per heavy atom. The number of nitriles is 1. The minimum Gasteiger partial charge on any atom is -0.492 e. The first-order valence-corrected chi connectivity index (χ1v) is 6.46. The highest BCUT2D eigenvalue weighted by Crippen LogP contribution is 2.12. The Morgan fingerprint density at radius 1 is 1.14 bits per heavy atom. The third kappa shape index (κ3) is 4.25. The summed E-state index contributed by atoms with van der Waals surface area (Å²) in [5.74, 6) is 0.283. The van der Waals surface area contributed by atoms with Gasteiger partial charge < -0.3 is 15.8 Å². The maximum Gasteiger partial charge on any atom is 0.248 e. The quantitative estimate of drug-likeness (QED) is 0.794. The highest BCUT2D eigenvalue weighted by Gasteiger charge is 1.99. The van der Waals surface area contributed by atoms with Gasteiger partial charge in [0.15, 0.2) is 0 Å². The topological polar surface area (TPSA) is 88.1 Å². The van der Waals surface area contributed by atoms with Gasteiger partial charge in [-0.05, 0) is 48.5 Å². The first-order valence-electron chi connectivity index (χ1n) is 6.46. The average Bonchev–Trinajstić information content (AvgIpc) is 2.52. The molecule has 0 saturated heterocycles. The monoisotopic (exact) mass is 281 g/mol. The molecule has 0 aliphatic rings. The van der Waals surface area contributed by atoms with Crippen LogP contribution in [0.1, 0.15) is 15.9 Å². The van der Waals surface area contributed by atoms with Crippen LogP contribution in [0.2, 0.25) is 0 Å². The molecule has 0 radical (unpaired) electrons. The molecule has 2 aromatic rings. The highest BCUT2D eigenvalue weighted by atomic mass is 16.5. The van der Waals surface area contributed by atoms with E-state index in [-0.39, 0.29) is 0 Å². The van der Waals surface area contributed by atoms with Crippen LogP contribution in [0, 0.1) is 11.3 Å². The predicted octanol–water partition coefficient (Wildman–Crippen LogP) is 2.15. The number of nitrogens with zero attached hydrogens (tertiary/aromatic N) is 1. The fraction of sp³-hybridized carbons (Fsp3) is 0.125. The Morgan fingerprint density at radius 2 is 1.81 bits per heavy atom. The summed E-state index contributed by atoms with van der Waals surface area (Å²) >= 11 is 0. The largest absolute Gasteiger partial charge is 0.492 e. The van der Waals surface area contributed by atoms with Crippen molar-refractivity contribution in [3.8, 4) is 11.8 Å². The van der Waals surface area contributed by atoms with E-state index in [2.05, 4.69) is 11.4 Å². The van der Waals surface area contributed by atoms with Gasteiger partial charge in [-0.25, -0.2) is 0 Å². The number of rotatable bonds is 6. The van der Waals surface area contributed by atoms with E-state index < -0.39 is 5.91 Å². The Balaban J connectivity index is 1.76. The van der Waals surface area contributed by atoms with E-state index in [9.17, 15) is 4.79 Å². The lowest BCUT2D eigenvalue weighted by molar-refractivity contribution is 0.100. The number of nitrogens with two attached hydrogens (primary N) is 1. The van der Waals surface area contributed by atoms with Crippen LogP contribution < -0.4 is 15.8 Å². The molecule has 106 valence electrons. The summed E-state index contributed by atoms with van der Waals surface area (Å²) < 4.78 is 5.54. The van der Waals surface area contributed by atoms with Crippen LogP contribution in [0.4, 0.5) is 5.69 Å². The molecule has 0 atom stereocenters. The highest BCUT2D eigenvalue weighted by molar-refractivity contribution is 5.93. The van der Waals surface area contributed by atoms with Gasteiger partial charge >= 0.3 is 0 Å². The van der Waals surface area contributed by atoms with E-state index in [1.165, 1.54) is 0 Å². The number of ether oxygens (including phenoxy) is 1. The lowest BCUT2D eigenvalue weighted by atomic mass is 10.2. The lowest BCUT2D eigenvalue weighted by Gasteiger charge is -2.09. The molecule has 0 aliphatic carbocycles. The van der Waals surface area contributed by atoms with Crippen molar-refractivity contribution in [2.75, 3.05) is 18.5 Å². The zero-order valence-corrected chi connectivity index (χ0v) is 11.4. The van der Waals surface area contributed by atoms with Gasteiger partial charge in [-0.2, -0.15) is 5.26 Å². The second-order valence-electron chi connectivity index (χ2n) is 4.35. The van der Waals surface area contributed by atoms with E-state index in [1.807, 2.05) is 0 Å². The second kappa shape index (κ2) is 6.96. The molecule has 0 aromatic heterocycles. The molecular formula is C16H15N3O2. The van der Waals surface area contributed by atoms with Crippen LogP contribution in [-0.2, 0) is 0 Å². The van der Waals surface area contributed by atoms with Gasteiger partial charge in [0, 0.05) is 17.8 Å². The van der Waals surface area contributed by atoms with E-state index in [0.29, 0.717) is 24.3 Å². The summed E-state index contributed by atoms with van der Waals surface area (Å²) in [5, 5.41) is 11.9. The van der Waals surface area contributed by atoms with Crippen LogP contribution in [-0.4, -0.2) is 19.1 Å². The molecule has 2 aromatic carbocycles. The molecule has 21 heavy (non-hydrogen) atoms. The second-order valence-corrected chi connectivity index (χ2v) is 4.35. The molecule has 0 spiro atoms. The molecule has 1 amide bonds. The molecule has 0 bridgehead atoms. The van der Waals surface area contributed by atoms with Crippen molar-refractivity contribution in [1.29, 1.82) is 5.26 Å². The average molecular weight is 281 g/mol. The first-order chi connectivity index (χ1) is 10.2. The summed E-state index contributed by atoms with van der Waals surface area (Å²) in [4.78, 5) is 10.9. The fourth-order valence-electron chi connectivity index (χ4n) is 1.74. The first kappa shape index (κ1) is 14.4. The van der Waals surface area contributed by atoms with Gasteiger partial charge in [0.1, 0.15) is 12.4 Å². The number of hydrogen-bond donors (Lipinski definition) is 2. The molecule has 0 saturated carbocycles. The standard InChI is InChI=1S/C16H15N3O2/c17-11-12-1-7-15(8-2-12)21-10-9-19-14-5-3-13(4-6-14)16(18)20/h1-8,19H,9-10H2,(H2,18,20). The molecule has 2 rings (SSSR count). The number of benzene rings is 2. The van der Waals surface area contributed by atoms with Gasteiger partial charge in [-0.15, -0.1) is 0 Å². The molecule has 5 nitrogen and oxygen atoms in total. The summed E-state index contributed by atoms with van der Waals surface area (Å²) in [6.45, 7) is 1.11. The van der Waals surface area contributed by atoms with Gasteiger partial charge in [0.05, 0.1) is 11.6 Å². The summed E-state index contributed by atoms with van der Waals surface area (Å²) in [7, 11) is 0. The van der Waals surface area contributed by atoms with E-state index >= 15 is 0 Å². The number of nitrogens with one attached hydrogen (secondary N) is 1. The van der Waals surface area contributed by atoms with Gasteiger partial charge in [0.2, 0.25) is 5.91 Å². The Kier molecular flexibility index (Phi) is 4.78. The number of carbonyl (C=O) groups is 1. The van der Waals surface area contributed by atoms with Crippen molar-refractivity contribution >= 4 is 11.6 Å². The van der Waals surface area contributed by atoms with Gasteiger partial charge in [-0.3, -0.25) is 4.79 Å². The Labute approximate surface area is 123 Å². The maximum absolute atomic E-state index is 10.9. The van der Waals surface area contributed by atoms with Gasteiger partial charge in [0.25, 0.3) is 0 Å². The van der Waals surface area contributed by atoms with Crippen molar-refractivity contribution in [3.05, 3.63) is 59.7 Å². The fourth-order valence-corrected chi connectivity index (χ4v) is 1.74. The molecule has 0 unspecified atom stereocenters. The Bertz CT molecular complexity index is 643. The Hall–Kier alpha value is -3.00. The predicted molar refractivity (Wildman–Crippen MR) is 80.1 cm³/mol. The molecular weight excluding hydrogens is 266 g/mol. The third-order valence-electron chi connectivity index (χ3n) is 2.85. The van der Waals surface area contributed by atoms with Crippen molar-refractivity contribution in [2.24, 2.45) is 5.73 Å². The zero-order chi connectivity index (χ0) is 15.1. The number of carbonyl (C=O) groups excluding carboxylic acids is 1. The number of primary amides is 1. The number of amides is 1. The van der Waals surface area contributed by atoms with E-state index in [4.69, 9.17) is 15.7 Å². The normalized spacial score (nSPS) is 9.67. The van der Waals surface area contributed by atoms with Crippen molar-refractivity contribution < 1.29 is 9.53 Å². The molecule has 0 fully saturated rings. The summed E-state index contributed by atoms with van der Waals surface area (Å²) in [5.41, 5.74) is 7.15. The van der Waals surface area contributed by atoms with Crippen molar-refractivity contribution in [1.82, 2.24) is 0 Å². The van der Waals surface area contributed by atoms with Crippen molar-refractivity contribution in [2.45, 2.75) is 0 Å². The SMILES string of the molecule is N#Cc1ccc(OCCNc2ccc(C(N)=O)cc2)cc1. The van der Waals surface area contributed by atoms with Crippen LogP contribution in [0.25, 0.3) is 0 Å². The van der Waals surface area contributed by atoms with Crippen molar-refractivity contribution in [3.63, 3.8) is 0 Å². The maximum atomic E-state index is 10.9. The third-order valence-corrected chi connectivity index (χ3v) is 2.85. The molecule has 0 aliphatic heterocycles. The van der Waals surface area contributed by atoms with Crippen LogP contribution in [0.5, 0.6) is 5.75 Å². The van der Waals surface area contributed by atoms with E-state index in [1.54, 1.807) is 48.5 Å². The van der Waals surface area contributed by atoms with E-state index in [0.717, 1.165) is 11.4 Å². The zero-order valence-electron chi connectivity index (χ0n) is 11.4. The summed E-state index contributed by atoms with van der Waals surface area (Å²) in [6.07, 6.45) is 0.